The normalized spacial score (nSPS) is 11.3. The minimum absolute atomic E-state index is 0.207. The third-order valence-electron chi connectivity index (χ3n) is 6.30. The summed E-state index contributed by atoms with van der Waals surface area (Å²) in [6.45, 7) is 4.68. The van der Waals surface area contributed by atoms with E-state index in [1.54, 1.807) is 18.3 Å². The molecule has 176 valence electrons. The Labute approximate surface area is 201 Å². The highest BCUT2D eigenvalue weighted by Crippen LogP contribution is 2.27. The Hall–Kier alpha value is -4.26. The lowest BCUT2D eigenvalue weighted by molar-refractivity contribution is -0.122. The van der Waals surface area contributed by atoms with E-state index in [4.69, 9.17) is 0 Å². The van der Waals surface area contributed by atoms with E-state index < -0.39 is 0 Å². The van der Waals surface area contributed by atoms with E-state index in [2.05, 4.69) is 42.5 Å². The minimum Gasteiger partial charge on any atom is -0.350 e. The minimum atomic E-state index is -0.347. The van der Waals surface area contributed by atoms with Gasteiger partial charge in [0.2, 0.25) is 5.91 Å². The number of rotatable bonds is 6. The average Bonchev–Trinajstić information content (AvgIpc) is 3.17. The number of carbonyl (C=O) groups is 1. The standard InChI is InChI=1S/C28H25FN4O2/c1-18-7-8-19(2)21(13-18)16-32-25-6-4-3-5-23(25)24-15-31-33(28(35)27(24)32)17-26(34)30-14-20-9-11-22(29)12-10-20/h3-13,15H,14,16-17H2,1-2H3,(H,30,34). The number of amides is 1. The second-order valence-corrected chi connectivity index (χ2v) is 8.81. The van der Waals surface area contributed by atoms with Gasteiger partial charge in [0.25, 0.3) is 5.56 Å². The van der Waals surface area contributed by atoms with Crippen molar-refractivity contribution < 1.29 is 9.18 Å². The lowest BCUT2D eigenvalue weighted by atomic mass is 10.1. The van der Waals surface area contributed by atoms with Crippen molar-refractivity contribution in [3.8, 4) is 0 Å². The fourth-order valence-electron chi connectivity index (χ4n) is 4.41. The number of hydrogen-bond acceptors (Lipinski definition) is 3. The molecule has 0 atom stereocenters. The molecule has 0 saturated carbocycles. The van der Waals surface area contributed by atoms with Crippen LogP contribution in [0.5, 0.6) is 0 Å². The molecule has 0 unspecified atom stereocenters. The van der Waals surface area contributed by atoms with E-state index in [9.17, 15) is 14.0 Å². The summed E-state index contributed by atoms with van der Waals surface area (Å²) in [7, 11) is 0. The molecule has 5 rings (SSSR count). The van der Waals surface area contributed by atoms with Gasteiger partial charge in [0.1, 0.15) is 17.9 Å². The van der Waals surface area contributed by atoms with Gasteiger partial charge in [-0.1, -0.05) is 54.1 Å². The predicted octanol–water partition coefficient (Wildman–Crippen LogP) is 4.47. The molecular weight excluding hydrogens is 443 g/mol. The van der Waals surface area contributed by atoms with Crippen molar-refractivity contribution in [1.82, 2.24) is 19.7 Å². The SMILES string of the molecule is Cc1ccc(C)c(Cn2c3ccccc3c3cnn(CC(=O)NCc4ccc(F)cc4)c(=O)c32)c1. The summed E-state index contributed by atoms with van der Waals surface area (Å²) >= 11 is 0. The molecule has 0 fully saturated rings. The number of nitrogens with zero attached hydrogens (tertiary/aromatic N) is 3. The molecular formula is C28H25FN4O2. The molecule has 2 heterocycles. The van der Waals surface area contributed by atoms with Crippen molar-refractivity contribution in [3.05, 3.63) is 111 Å². The molecule has 0 aliphatic heterocycles. The number of nitrogens with one attached hydrogen (secondary N) is 1. The first kappa shape index (κ1) is 22.5. The van der Waals surface area contributed by atoms with Gasteiger partial charge < -0.3 is 9.88 Å². The van der Waals surface area contributed by atoms with E-state index in [0.717, 1.165) is 38.5 Å². The number of benzene rings is 3. The van der Waals surface area contributed by atoms with Gasteiger partial charge in [0, 0.05) is 29.4 Å². The molecule has 0 saturated heterocycles. The van der Waals surface area contributed by atoms with Crippen molar-refractivity contribution in [2.45, 2.75) is 33.5 Å². The summed E-state index contributed by atoms with van der Waals surface area (Å²) in [4.78, 5) is 26.1. The largest absolute Gasteiger partial charge is 0.350 e. The first-order valence-corrected chi connectivity index (χ1v) is 11.4. The number of hydrogen-bond donors (Lipinski definition) is 1. The Bertz CT molecular complexity index is 1620. The van der Waals surface area contributed by atoms with Crippen LogP contribution in [0.2, 0.25) is 0 Å². The molecule has 0 spiro atoms. The summed E-state index contributed by atoms with van der Waals surface area (Å²) < 4.78 is 16.3. The van der Waals surface area contributed by atoms with Crippen molar-refractivity contribution >= 4 is 27.7 Å². The fourth-order valence-corrected chi connectivity index (χ4v) is 4.41. The first-order chi connectivity index (χ1) is 16.9. The van der Waals surface area contributed by atoms with Gasteiger partial charge in [-0.25, -0.2) is 9.07 Å². The monoisotopic (exact) mass is 468 g/mol. The molecule has 6 nitrogen and oxygen atoms in total. The van der Waals surface area contributed by atoms with Gasteiger partial charge >= 0.3 is 0 Å². The molecule has 7 heteroatoms. The Morgan fingerprint density at radius 3 is 2.57 bits per heavy atom. The van der Waals surface area contributed by atoms with Crippen LogP contribution in [0.1, 0.15) is 22.3 Å². The lowest BCUT2D eigenvalue weighted by Crippen LogP contribution is -2.33. The Morgan fingerprint density at radius 2 is 1.77 bits per heavy atom. The molecule has 0 aliphatic rings. The molecule has 5 aromatic rings. The van der Waals surface area contributed by atoms with Crippen LogP contribution in [0.4, 0.5) is 4.39 Å². The van der Waals surface area contributed by atoms with E-state index in [1.807, 2.05) is 28.8 Å². The van der Waals surface area contributed by atoms with Crippen LogP contribution in [-0.4, -0.2) is 20.3 Å². The van der Waals surface area contributed by atoms with Crippen LogP contribution < -0.4 is 10.9 Å². The molecule has 0 aliphatic carbocycles. The second-order valence-electron chi connectivity index (χ2n) is 8.81. The van der Waals surface area contributed by atoms with Crippen LogP contribution in [-0.2, 0) is 24.4 Å². The van der Waals surface area contributed by atoms with Gasteiger partial charge in [0.05, 0.1) is 6.20 Å². The van der Waals surface area contributed by atoms with E-state index in [-0.39, 0.29) is 30.4 Å². The third kappa shape index (κ3) is 4.45. The van der Waals surface area contributed by atoms with E-state index >= 15 is 0 Å². The summed E-state index contributed by atoms with van der Waals surface area (Å²) in [6, 6.07) is 20.1. The van der Waals surface area contributed by atoms with Gasteiger partial charge in [-0.3, -0.25) is 9.59 Å². The second kappa shape index (κ2) is 9.18. The first-order valence-electron chi connectivity index (χ1n) is 11.4. The van der Waals surface area contributed by atoms with Crippen LogP contribution in [0.3, 0.4) is 0 Å². The van der Waals surface area contributed by atoms with Crippen molar-refractivity contribution in [3.63, 3.8) is 0 Å². The number of fused-ring (bicyclic) bond motifs is 3. The Kier molecular flexibility index (Phi) is 5.91. The maximum atomic E-state index is 13.6. The average molecular weight is 469 g/mol. The van der Waals surface area contributed by atoms with Crippen LogP contribution in [0.25, 0.3) is 21.8 Å². The molecule has 0 radical (unpaired) electrons. The summed E-state index contributed by atoms with van der Waals surface area (Å²) in [5.41, 5.74) is 5.35. The van der Waals surface area contributed by atoms with Gasteiger partial charge in [-0.15, -0.1) is 0 Å². The molecule has 35 heavy (non-hydrogen) atoms. The topological polar surface area (TPSA) is 68.9 Å². The number of aryl methyl sites for hydroxylation is 2. The maximum Gasteiger partial charge on any atom is 0.291 e. The highest BCUT2D eigenvalue weighted by molar-refractivity contribution is 6.07. The maximum absolute atomic E-state index is 13.6. The summed E-state index contributed by atoms with van der Waals surface area (Å²) in [5, 5.41) is 8.78. The number of aromatic nitrogens is 3. The molecule has 0 bridgehead atoms. The number of carbonyl (C=O) groups excluding carboxylic acids is 1. The molecule has 1 amide bonds. The highest BCUT2D eigenvalue weighted by atomic mass is 19.1. The molecule has 1 N–H and O–H groups in total. The zero-order chi connectivity index (χ0) is 24.5. The van der Waals surface area contributed by atoms with Crippen LogP contribution in [0, 0.1) is 19.7 Å². The smallest absolute Gasteiger partial charge is 0.291 e. The van der Waals surface area contributed by atoms with Crippen molar-refractivity contribution in [2.24, 2.45) is 0 Å². The van der Waals surface area contributed by atoms with Gasteiger partial charge in [-0.05, 0) is 48.7 Å². The quantitative estimate of drug-likeness (QED) is 0.400. The fraction of sp³-hybridized carbons (Fsp3) is 0.179. The predicted molar refractivity (Wildman–Crippen MR) is 135 cm³/mol. The zero-order valence-electron chi connectivity index (χ0n) is 19.6. The van der Waals surface area contributed by atoms with Gasteiger partial charge in [-0.2, -0.15) is 5.10 Å². The van der Waals surface area contributed by atoms with E-state index in [0.29, 0.717) is 12.1 Å². The third-order valence-corrected chi connectivity index (χ3v) is 6.30. The number of halogens is 1. The van der Waals surface area contributed by atoms with Crippen molar-refractivity contribution in [2.75, 3.05) is 0 Å². The Morgan fingerprint density at radius 1 is 1.00 bits per heavy atom. The lowest BCUT2D eigenvalue weighted by Gasteiger charge is -2.12. The molecule has 3 aromatic carbocycles. The summed E-state index contributed by atoms with van der Waals surface area (Å²) in [6.07, 6.45) is 1.66. The van der Waals surface area contributed by atoms with Crippen molar-refractivity contribution in [1.29, 1.82) is 0 Å². The van der Waals surface area contributed by atoms with Crippen LogP contribution in [0.15, 0.2) is 77.7 Å². The molecule has 2 aromatic heterocycles. The summed E-state index contributed by atoms with van der Waals surface area (Å²) in [5.74, 6) is -0.680. The number of para-hydroxylation sites is 1. The Balaban J connectivity index is 1.50. The van der Waals surface area contributed by atoms with Gasteiger partial charge in [0.15, 0.2) is 0 Å². The highest BCUT2D eigenvalue weighted by Gasteiger charge is 2.17. The van der Waals surface area contributed by atoms with E-state index in [1.165, 1.54) is 16.8 Å². The zero-order valence-corrected chi connectivity index (χ0v) is 19.6. The van der Waals surface area contributed by atoms with Crippen LogP contribution >= 0.6 is 0 Å².